The second kappa shape index (κ2) is 14.1. The van der Waals surface area contributed by atoms with Gasteiger partial charge in [0.05, 0.1) is 29.2 Å². The molecule has 4 aromatic rings. The highest BCUT2D eigenvalue weighted by atomic mass is 35.5. The fraction of sp³-hybridized carbons (Fsp3) is 0.258. The van der Waals surface area contributed by atoms with Crippen LogP contribution in [0.25, 0.3) is 11.3 Å². The number of halogens is 4. The SMILES string of the molecule is Cc1cc(C)c(C)c(S(=O)(=O)N[C@@H](Cc2ccc(C3CC(=O)NS3(=O)=O)c(Cl)c2)c2ncc(-c3ccccc3)[nH]2)c1.O=C(O)C(F)(F)F. The van der Waals surface area contributed by atoms with Crippen LogP contribution in [-0.2, 0) is 36.1 Å². The van der Waals surface area contributed by atoms with E-state index in [1.807, 2.05) is 55.0 Å². The summed E-state index contributed by atoms with van der Waals surface area (Å²) in [4.78, 5) is 28.6. The molecule has 4 N–H and O–H groups in total. The molecule has 2 heterocycles. The molecule has 1 fully saturated rings. The summed E-state index contributed by atoms with van der Waals surface area (Å²) in [6.45, 7) is 5.49. The molecule has 3 aromatic carbocycles. The van der Waals surface area contributed by atoms with Crippen molar-refractivity contribution in [2.45, 2.75) is 56.0 Å². The number of nitrogens with one attached hydrogen (secondary N) is 3. The number of rotatable bonds is 8. The van der Waals surface area contributed by atoms with Gasteiger partial charge in [0.1, 0.15) is 11.1 Å². The van der Waals surface area contributed by atoms with Gasteiger partial charge in [-0.2, -0.15) is 13.2 Å². The van der Waals surface area contributed by atoms with E-state index in [0.717, 1.165) is 22.4 Å². The summed E-state index contributed by atoms with van der Waals surface area (Å²) in [5.74, 6) is -2.94. The maximum atomic E-state index is 13.7. The van der Waals surface area contributed by atoms with Gasteiger partial charge < -0.3 is 10.1 Å². The molecule has 2 atom stereocenters. The minimum Gasteiger partial charge on any atom is -0.475 e. The van der Waals surface area contributed by atoms with Gasteiger partial charge in [-0.25, -0.2) is 31.3 Å². The summed E-state index contributed by atoms with van der Waals surface area (Å²) in [5, 5.41) is 6.21. The Hall–Kier alpha value is -4.25. The molecule has 1 unspecified atom stereocenters. The van der Waals surface area contributed by atoms with Crippen molar-refractivity contribution >= 4 is 43.5 Å². The van der Waals surface area contributed by atoms with Gasteiger partial charge in [-0.15, -0.1) is 0 Å². The largest absolute Gasteiger partial charge is 0.490 e. The van der Waals surface area contributed by atoms with Crippen molar-refractivity contribution in [2.75, 3.05) is 0 Å². The first-order chi connectivity index (χ1) is 22.3. The molecule has 1 aliphatic heterocycles. The Labute approximate surface area is 279 Å². The number of aromatic amines is 1. The number of H-pyrrole nitrogens is 1. The molecule has 5 rings (SSSR count). The predicted octanol–water partition coefficient (Wildman–Crippen LogP) is 5.44. The van der Waals surface area contributed by atoms with E-state index in [2.05, 4.69) is 14.7 Å². The van der Waals surface area contributed by atoms with Crippen LogP contribution in [0.5, 0.6) is 0 Å². The molecule has 0 saturated carbocycles. The normalized spacial score (nSPS) is 16.5. The van der Waals surface area contributed by atoms with Crippen molar-refractivity contribution in [1.29, 1.82) is 0 Å². The van der Waals surface area contributed by atoms with Crippen molar-refractivity contribution in [3.63, 3.8) is 0 Å². The number of hydrogen-bond donors (Lipinski definition) is 4. The number of carboxylic acid groups (broad SMARTS) is 1. The molecule has 1 saturated heterocycles. The zero-order chi connectivity index (χ0) is 35.6. The average molecular weight is 727 g/mol. The molecule has 1 aromatic heterocycles. The van der Waals surface area contributed by atoms with Gasteiger partial charge in [0, 0.05) is 5.02 Å². The number of aromatic nitrogens is 2. The standard InChI is InChI=1S/C29H29ClN4O5S2.C2HF3O2/c1-17-11-18(2)19(3)26(12-17)40(36,37)33-24(29-31-16-25(32-29)21-7-5-4-6-8-21)14-20-9-10-22(23(30)13-20)27-15-28(35)34-41(27,38)39;3-2(4,5)1(6)7/h4-13,16,24,27,33H,14-15H2,1-3H3,(H,31,32)(H,34,35);(H,6,7)/t24-,27?;/m0./s1. The van der Waals surface area contributed by atoms with E-state index in [1.54, 1.807) is 37.4 Å². The lowest BCUT2D eigenvalue weighted by Gasteiger charge is -2.20. The number of imidazole rings is 1. The van der Waals surface area contributed by atoms with Crippen LogP contribution >= 0.6 is 11.6 Å². The lowest BCUT2D eigenvalue weighted by Crippen LogP contribution is -2.31. The molecule has 48 heavy (non-hydrogen) atoms. The van der Waals surface area contributed by atoms with Crippen molar-refractivity contribution in [2.24, 2.45) is 0 Å². The van der Waals surface area contributed by atoms with Crippen LogP contribution in [0.15, 0.2) is 71.8 Å². The molecule has 256 valence electrons. The fourth-order valence-corrected chi connectivity index (χ4v) is 8.48. The minimum atomic E-state index is -5.08. The number of carbonyl (C=O) groups is 2. The first-order valence-corrected chi connectivity index (χ1v) is 17.5. The van der Waals surface area contributed by atoms with E-state index in [9.17, 15) is 34.8 Å². The van der Waals surface area contributed by atoms with Crippen LogP contribution in [0.4, 0.5) is 13.2 Å². The Balaban J connectivity index is 0.000000671. The number of sulfonamides is 2. The van der Waals surface area contributed by atoms with Crippen molar-refractivity contribution in [1.82, 2.24) is 19.4 Å². The number of carboxylic acids is 1. The van der Waals surface area contributed by atoms with Crippen LogP contribution in [0.2, 0.25) is 5.02 Å². The highest BCUT2D eigenvalue weighted by molar-refractivity contribution is 7.90. The van der Waals surface area contributed by atoms with Gasteiger partial charge >= 0.3 is 12.1 Å². The molecule has 0 spiro atoms. The molecule has 0 aliphatic carbocycles. The number of aliphatic carboxylic acids is 1. The third-order valence-electron chi connectivity index (χ3n) is 7.46. The lowest BCUT2D eigenvalue weighted by atomic mass is 10.0. The molecule has 17 heteroatoms. The first-order valence-electron chi connectivity index (χ1n) is 14.1. The Kier molecular flexibility index (Phi) is 10.7. The fourth-order valence-electron chi connectivity index (χ4n) is 5.02. The molecular weight excluding hydrogens is 697 g/mol. The molecule has 1 aliphatic rings. The summed E-state index contributed by atoms with van der Waals surface area (Å²) < 4.78 is 88.8. The van der Waals surface area contributed by atoms with E-state index in [0.29, 0.717) is 22.5 Å². The molecule has 11 nitrogen and oxygen atoms in total. The number of hydrogen-bond acceptors (Lipinski definition) is 7. The van der Waals surface area contributed by atoms with E-state index in [1.165, 1.54) is 0 Å². The van der Waals surface area contributed by atoms with E-state index in [4.69, 9.17) is 21.5 Å². The molecular formula is C31H30ClF3N4O7S2. The summed E-state index contributed by atoms with van der Waals surface area (Å²) in [5.41, 5.74) is 4.92. The Morgan fingerprint density at radius 2 is 1.75 bits per heavy atom. The van der Waals surface area contributed by atoms with Gasteiger partial charge in [0.25, 0.3) is 0 Å². The molecule has 0 radical (unpaired) electrons. The second-order valence-electron chi connectivity index (χ2n) is 11.1. The molecule has 0 bridgehead atoms. The summed E-state index contributed by atoms with van der Waals surface area (Å²) in [7, 11) is -7.85. The summed E-state index contributed by atoms with van der Waals surface area (Å²) >= 11 is 6.52. The highest BCUT2D eigenvalue weighted by Crippen LogP contribution is 2.36. The Bertz CT molecular complexity index is 2070. The number of benzene rings is 3. The average Bonchev–Trinajstić information content (AvgIpc) is 3.58. The van der Waals surface area contributed by atoms with Crippen molar-refractivity contribution < 1.29 is 44.7 Å². The highest BCUT2D eigenvalue weighted by Gasteiger charge is 2.39. The van der Waals surface area contributed by atoms with Crippen LogP contribution < -0.4 is 9.44 Å². The first kappa shape index (κ1) is 36.6. The van der Waals surface area contributed by atoms with E-state index < -0.39 is 49.4 Å². The van der Waals surface area contributed by atoms with Gasteiger partial charge in [0.2, 0.25) is 26.0 Å². The maximum Gasteiger partial charge on any atom is 0.490 e. The number of amides is 1. The Morgan fingerprint density at radius 3 is 2.31 bits per heavy atom. The third-order valence-corrected chi connectivity index (χ3v) is 11.1. The van der Waals surface area contributed by atoms with E-state index >= 15 is 0 Å². The van der Waals surface area contributed by atoms with Gasteiger partial charge in [-0.05, 0) is 72.7 Å². The van der Waals surface area contributed by atoms with E-state index in [-0.39, 0.29) is 22.8 Å². The minimum absolute atomic E-state index is 0.166. The van der Waals surface area contributed by atoms with Crippen LogP contribution in [0, 0.1) is 20.8 Å². The van der Waals surface area contributed by atoms with Gasteiger partial charge in [-0.3, -0.25) is 9.52 Å². The lowest BCUT2D eigenvalue weighted by molar-refractivity contribution is -0.192. The monoisotopic (exact) mass is 726 g/mol. The second-order valence-corrected chi connectivity index (χ2v) is 15.0. The van der Waals surface area contributed by atoms with Gasteiger partial charge in [0.15, 0.2) is 0 Å². The number of carbonyl (C=O) groups excluding carboxylic acids is 1. The van der Waals surface area contributed by atoms with Crippen LogP contribution in [0.1, 0.15) is 51.4 Å². The third kappa shape index (κ3) is 8.61. The van der Waals surface area contributed by atoms with Crippen LogP contribution in [-0.4, -0.2) is 50.0 Å². The quantitative estimate of drug-likeness (QED) is 0.186. The maximum absolute atomic E-state index is 13.7. The zero-order valence-corrected chi connectivity index (χ0v) is 28.0. The number of nitrogens with zero attached hydrogens (tertiary/aromatic N) is 1. The van der Waals surface area contributed by atoms with Crippen LogP contribution in [0.3, 0.4) is 0 Å². The van der Waals surface area contributed by atoms with Crippen molar-refractivity contribution in [3.05, 3.63) is 106 Å². The predicted molar refractivity (Wildman–Crippen MR) is 171 cm³/mol. The smallest absolute Gasteiger partial charge is 0.475 e. The van der Waals surface area contributed by atoms with Gasteiger partial charge in [-0.1, -0.05) is 60.1 Å². The Morgan fingerprint density at radius 1 is 1.10 bits per heavy atom. The van der Waals surface area contributed by atoms with Crippen molar-refractivity contribution in [3.8, 4) is 11.3 Å². The molecule has 1 amide bonds. The summed E-state index contributed by atoms with van der Waals surface area (Å²) in [6.07, 6.45) is -3.48. The zero-order valence-electron chi connectivity index (χ0n) is 25.6. The number of alkyl halides is 3. The topological polar surface area (TPSA) is 175 Å². The summed E-state index contributed by atoms with van der Waals surface area (Å²) in [6, 6.07) is 17.2. The number of aryl methyl sites for hydroxylation is 2.